The van der Waals surface area contributed by atoms with Crippen molar-refractivity contribution >= 4 is 20.8 Å². The van der Waals surface area contributed by atoms with Crippen LogP contribution in [0.15, 0.2) is 72.8 Å². The van der Waals surface area contributed by atoms with Gasteiger partial charge in [0.05, 0.1) is 11.9 Å². The van der Waals surface area contributed by atoms with Crippen molar-refractivity contribution in [3.8, 4) is 0 Å². The van der Waals surface area contributed by atoms with Crippen LogP contribution in [-0.2, 0) is 15.8 Å². The Morgan fingerprint density at radius 2 is 1.56 bits per heavy atom. The van der Waals surface area contributed by atoms with E-state index in [4.69, 9.17) is 0 Å². The summed E-state index contributed by atoms with van der Waals surface area (Å²) in [6.07, 6.45) is -0.396. The first-order chi connectivity index (χ1) is 12.1. The minimum Gasteiger partial charge on any atom is -0.388 e. The van der Waals surface area contributed by atoms with Crippen molar-refractivity contribution in [1.82, 2.24) is 4.72 Å². The highest BCUT2D eigenvalue weighted by atomic mass is 32.2. The molecule has 0 heterocycles. The maximum absolute atomic E-state index is 12.1. The summed E-state index contributed by atoms with van der Waals surface area (Å²) in [5.41, 5.74) is 1.56. The standard InChI is InChI=1S/C20H21NO3S/c22-20(19-12-6-10-17-9-4-5-11-18(17)19)13-14-21-25(23,24)15-16-7-2-1-3-8-16/h1-12,20-22H,13-15H2/t20-/m0/s1. The second-order valence-corrected chi connectivity index (χ2v) is 7.82. The van der Waals surface area contributed by atoms with Crippen LogP contribution in [0.4, 0.5) is 0 Å². The summed E-state index contributed by atoms with van der Waals surface area (Å²) in [4.78, 5) is 0. The Labute approximate surface area is 148 Å². The summed E-state index contributed by atoms with van der Waals surface area (Å²) >= 11 is 0. The van der Waals surface area contributed by atoms with Gasteiger partial charge in [-0.3, -0.25) is 0 Å². The Morgan fingerprint density at radius 1 is 0.880 bits per heavy atom. The molecule has 3 rings (SSSR count). The number of sulfonamides is 1. The normalized spacial score (nSPS) is 13.0. The number of hydrogen-bond acceptors (Lipinski definition) is 3. The second kappa shape index (κ2) is 7.78. The van der Waals surface area contributed by atoms with E-state index < -0.39 is 16.1 Å². The van der Waals surface area contributed by atoms with Crippen LogP contribution in [0, 0.1) is 0 Å². The van der Waals surface area contributed by atoms with Crippen molar-refractivity contribution in [3.05, 3.63) is 83.9 Å². The molecule has 0 aromatic heterocycles. The van der Waals surface area contributed by atoms with Crippen molar-refractivity contribution in [2.75, 3.05) is 6.54 Å². The van der Waals surface area contributed by atoms with Gasteiger partial charge in [0.1, 0.15) is 0 Å². The molecule has 2 N–H and O–H groups in total. The molecule has 4 nitrogen and oxygen atoms in total. The Kier molecular flexibility index (Phi) is 5.48. The highest BCUT2D eigenvalue weighted by molar-refractivity contribution is 7.88. The predicted molar refractivity (Wildman–Crippen MR) is 101 cm³/mol. The van der Waals surface area contributed by atoms with Gasteiger partial charge in [0, 0.05) is 6.54 Å². The van der Waals surface area contributed by atoms with Crippen LogP contribution in [-0.4, -0.2) is 20.1 Å². The van der Waals surface area contributed by atoms with E-state index in [0.717, 1.165) is 21.9 Å². The average molecular weight is 355 g/mol. The number of nitrogens with one attached hydrogen (secondary N) is 1. The Balaban J connectivity index is 1.61. The molecule has 25 heavy (non-hydrogen) atoms. The van der Waals surface area contributed by atoms with E-state index in [-0.39, 0.29) is 12.3 Å². The fraction of sp³-hybridized carbons (Fsp3) is 0.200. The number of hydrogen-bond donors (Lipinski definition) is 2. The van der Waals surface area contributed by atoms with Gasteiger partial charge in [-0.05, 0) is 28.3 Å². The van der Waals surface area contributed by atoms with Gasteiger partial charge in [-0.25, -0.2) is 13.1 Å². The smallest absolute Gasteiger partial charge is 0.215 e. The molecule has 130 valence electrons. The van der Waals surface area contributed by atoms with Crippen LogP contribution in [0.25, 0.3) is 10.8 Å². The van der Waals surface area contributed by atoms with E-state index in [1.807, 2.05) is 60.7 Å². The molecule has 0 radical (unpaired) electrons. The Morgan fingerprint density at radius 3 is 2.36 bits per heavy atom. The van der Waals surface area contributed by atoms with Crippen LogP contribution in [0.5, 0.6) is 0 Å². The number of aliphatic hydroxyl groups excluding tert-OH is 1. The van der Waals surface area contributed by atoms with Crippen molar-refractivity contribution in [2.45, 2.75) is 18.3 Å². The molecule has 0 aliphatic rings. The van der Waals surface area contributed by atoms with Gasteiger partial charge in [-0.15, -0.1) is 0 Å². The van der Waals surface area contributed by atoms with Gasteiger partial charge in [-0.2, -0.15) is 0 Å². The fourth-order valence-corrected chi connectivity index (χ4v) is 4.05. The minimum absolute atomic E-state index is 0.0573. The zero-order valence-electron chi connectivity index (χ0n) is 13.8. The van der Waals surface area contributed by atoms with E-state index in [1.165, 1.54) is 0 Å². The molecule has 0 spiro atoms. The first kappa shape index (κ1) is 17.6. The average Bonchev–Trinajstić information content (AvgIpc) is 2.61. The SMILES string of the molecule is O=S(=O)(Cc1ccccc1)NCC[C@H](O)c1cccc2ccccc12. The third kappa shape index (κ3) is 4.66. The summed E-state index contributed by atoms with van der Waals surface area (Å²) in [5, 5.41) is 12.5. The van der Waals surface area contributed by atoms with Crippen molar-refractivity contribution < 1.29 is 13.5 Å². The molecule has 0 aliphatic heterocycles. The third-order valence-electron chi connectivity index (χ3n) is 4.12. The molecule has 5 heteroatoms. The lowest BCUT2D eigenvalue weighted by Gasteiger charge is -2.14. The lowest BCUT2D eigenvalue weighted by molar-refractivity contribution is 0.170. The van der Waals surface area contributed by atoms with Crippen LogP contribution in [0.1, 0.15) is 23.7 Å². The van der Waals surface area contributed by atoms with E-state index in [1.54, 1.807) is 12.1 Å². The molecule has 0 bridgehead atoms. The fourth-order valence-electron chi connectivity index (χ4n) is 2.89. The Hall–Kier alpha value is -2.21. The van der Waals surface area contributed by atoms with Gasteiger partial charge in [0.15, 0.2) is 0 Å². The lowest BCUT2D eigenvalue weighted by atomic mass is 9.99. The summed E-state index contributed by atoms with van der Waals surface area (Å²) in [6, 6.07) is 22.7. The number of rotatable bonds is 7. The van der Waals surface area contributed by atoms with Crippen LogP contribution in [0.3, 0.4) is 0 Å². The van der Waals surface area contributed by atoms with E-state index >= 15 is 0 Å². The molecule has 0 aliphatic carbocycles. The lowest BCUT2D eigenvalue weighted by Crippen LogP contribution is -2.27. The molecule has 0 saturated heterocycles. The molecule has 3 aromatic rings. The van der Waals surface area contributed by atoms with Gasteiger partial charge in [-0.1, -0.05) is 72.8 Å². The van der Waals surface area contributed by atoms with Crippen LogP contribution >= 0.6 is 0 Å². The molecule has 0 amide bonds. The van der Waals surface area contributed by atoms with Crippen molar-refractivity contribution in [3.63, 3.8) is 0 Å². The minimum atomic E-state index is -3.42. The molecule has 0 fully saturated rings. The highest BCUT2D eigenvalue weighted by Crippen LogP contribution is 2.25. The summed E-state index contributed by atoms with van der Waals surface area (Å²) in [6.45, 7) is 0.194. The first-order valence-electron chi connectivity index (χ1n) is 8.22. The molecule has 1 atom stereocenters. The van der Waals surface area contributed by atoms with Crippen molar-refractivity contribution in [2.24, 2.45) is 0 Å². The molecule has 0 unspecified atom stereocenters. The molecular weight excluding hydrogens is 334 g/mol. The third-order valence-corrected chi connectivity index (χ3v) is 5.48. The van der Waals surface area contributed by atoms with Gasteiger partial charge >= 0.3 is 0 Å². The summed E-state index contributed by atoms with van der Waals surface area (Å²) in [5.74, 6) is -0.0573. The van der Waals surface area contributed by atoms with E-state index in [9.17, 15) is 13.5 Å². The summed E-state index contributed by atoms with van der Waals surface area (Å²) in [7, 11) is -3.42. The zero-order valence-corrected chi connectivity index (χ0v) is 14.6. The van der Waals surface area contributed by atoms with Gasteiger partial charge < -0.3 is 5.11 Å². The zero-order chi connectivity index (χ0) is 17.7. The molecular formula is C20H21NO3S. The van der Waals surface area contributed by atoms with Crippen LogP contribution in [0.2, 0.25) is 0 Å². The predicted octanol–water partition coefficient (Wildman–Crippen LogP) is 3.38. The largest absolute Gasteiger partial charge is 0.388 e. The maximum Gasteiger partial charge on any atom is 0.215 e. The topological polar surface area (TPSA) is 66.4 Å². The number of aliphatic hydroxyl groups is 1. The molecule has 3 aromatic carbocycles. The van der Waals surface area contributed by atoms with Crippen molar-refractivity contribution in [1.29, 1.82) is 0 Å². The second-order valence-electron chi connectivity index (χ2n) is 6.01. The van der Waals surface area contributed by atoms with Gasteiger partial charge in [0.2, 0.25) is 10.0 Å². The van der Waals surface area contributed by atoms with Gasteiger partial charge in [0.25, 0.3) is 0 Å². The number of fused-ring (bicyclic) bond motifs is 1. The molecule has 0 saturated carbocycles. The quantitative estimate of drug-likeness (QED) is 0.683. The Bertz CT molecular complexity index is 934. The van der Waals surface area contributed by atoms with Crippen LogP contribution < -0.4 is 4.72 Å². The van der Waals surface area contributed by atoms with E-state index in [2.05, 4.69) is 4.72 Å². The number of benzene rings is 3. The maximum atomic E-state index is 12.1. The summed E-state index contributed by atoms with van der Waals surface area (Å²) < 4.78 is 26.8. The first-order valence-corrected chi connectivity index (χ1v) is 9.87. The van der Waals surface area contributed by atoms with E-state index in [0.29, 0.717) is 6.42 Å². The highest BCUT2D eigenvalue weighted by Gasteiger charge is 2.14. The monoisotopic (exact) mass is 355 g/mol.